The van der Waals surface area contributed by atoms with E-state index in [0.717, 1.165) is 6.42 Å². The highest BCUT2D eigenvalue weighted by atomic mass is 32.1. The average molecular weight is 349 g/mol. The van der Waals surface area contributed by atoms with E-state index in [2.05, 4.69) is 15.5 Å². The van der Waals surface area contributed by atoms with Gasteiger partial charge in [0.2, 0.25) is 11.0 Å². The van der Waals surface area contributed by atoms with Gasteiger partial charge in [-0.1, -0.05) is 11.3 Å². The number of anilines is 1. The minimum atomic E-state index is -4.36. The van der Waals surface area contributed by atoms with E-state index in [9.17, 15) is 22.8 Å². The second-order valence-corrected chi connectivity index (χ2v) is 6.51. The van der Waals surface area contributed by atoms with Crippen molar-refractivity contribution in [3.05, 3.63) is 5.01 Å². The molecular weight excluding hydrogens is 335 g/mol. The maximum absolute atomic E-state index is 12.3. The van der Waals surface area contributed by atoms with E-state index < -0.39 is 18.6 Å². The van der Waals surface area contributed by atoms with Gasteiger partial charge < -0.3 is 9.80 Å². The lowest BCUT2D eigenvalue weighted by atomic mass is 10.2. The molecule has 11 heteroatoms. The lowest BCUT2D eigenvalue weighted by Crippen LogP contribution is -2.54. The Balaban J connectivity index is 1.56. The molecular formula is C12H14F3N5O2S. The average Bonchev–Trinajstić information content (AvgIpc) is 3.04. The molecule has 126 valence electrons. The first-order chi connectivity index (χ1) is 10.8. The number of nitrogens with zero attached hydrogens (tertiary/aromatic N) is 4. The Hall–Kier alpha value is -1.91. The van der Waals surface area contributed by atoms with Crippen LogP contribution in [0.15, 0.2) is 0 Å². The second-order valence-electron chi connectivity index (χ2n) is 5.45. The summed E-state index contributed by atoms with van der Waals surface area (Å²) >= 11 is 0.707. The normalized spacial score (nSPS) is 21.5. The van der Waals surface area contributed by atoms with Crippen molar-refractivity contribution in [3.63, 3.8) is 0 Å². The van der Waals surface area contributed by atoms with E-state index in [1.807, 2.05) is 0 Å². The summed E-state index contributed by atoms with van der Waals surface area (Å²) in [5.41, 5.74) is 0. The molecule has 0 bridgehead atoms. The van der Waals surface area contributed by atoms with Crippen LogP contribution in [0.3, 0.4) is 0 Å². The largest absolute Gasteiger partial charge is 0.395 e. The number of nitrogens with one attached hydrogen (secondary N) is 1. The van der Waals surface area contributed by atoms with Gasteiger partial charge in [-0.2, -0.15) is 13.2 Å². The van der Waals surface area contributed by atoms with Crippen LogP contribution in [0.2, 0.25) is 0 Å². The summed E-state index contributed by atoms with van der Waals surface area (Å²) in [7, 11) is 0. The van der Waals surface area contributed by atoms with Gasteiger partial charge in [0, 0.05) is 32.1 Å². The molecule has 2 aliphatic heterocycles. The number of rotatable bonds is 2. The minimum absolute atomic E-state index is 0.0252. The fraction of sp³-hybridized carbons (Fsp3) is 0.667. The number of urea groups is 1. The SMILES string of the molecule is O=C(Nc1nnc(CC(F)(F)F)s1)N1CCN2C(=O)CCC2C1. The van der Waals surface area contributed by atoms with Crippen LogP contribution in [0, 0.1) is 0 Å². The van der Waals surface area contributed by atoms with Crippen LogP contribution in [-0.4, -0.2) is 63.8 Å². The maximum Gasteiger partial charge on any atom is 0.395 e. The van der Waals surface area contributed by atoms with Crippen LogP contribution < -0.4 is 5.32 Å². The van der Waals surface area contributed by atoms with Gasteiger partial charge in [-0.05, 0) is 6.42 Å². The first kappa shape index (κ1) is 16.0. The third kappa shape index (κ3) is 3.71. The van der Waals surface area contributed by atoms with Gasteiger partial charge in [0.05, 0.1) is 6.42 Å². The molecule has 2 fully saturated rings. The highest BCUT2D eigenvalue weighted by molar-refractivity contribution is 7.15. The zero-order valence-electron chi connectivity index (χ0n) is 12.0. The molecule has 2 aliphatic rings. The quantitative estimate of drug-likeness (QED) is 0.877. The molecule has 3 amide bonds. The lowest BCUT2D eigenvalue weighted by Gasteiger charge is -2.37. The Bertz CT molecular complexity index is 620. The van der Waals surface area contributed by atoms with E-state index in [0.29, 0.717) is 37.4 Å². The molecule has 0 aliphatic carbocycles. The van der Waals surface area contributed by atoms with Crippen molar-refractivity contribution in [1.82, 2.24) is 20.0 Å². The monoisotopic (exact) mass is 349 g/mol. The first-order valence-electron chi connectivity index (χ1n) is 7.06. The van der Waals surface area contributed by atoms with E-state index in [-0.39, 0.29) is 22.1 Å². The van der Waals surface area contributed by atoms with Crippen LogP contribution in [-0.2, 0) is 11.2 Å². The Labute approximate surface area is 133 Å². The van der Waals surface area contributed by atoms with Gasteiger partial charge in [-0.3, -0.25) is 10.1 Å². The summed E-state index contributed by atoms with van der Waals surface area (Å²) < 4.78 is 36.8. The third-order valence-corrected chi connectivity index (χ3v) is 4.65. The maximum atomic E-state index is 12.3. The van der Waals surface area contributed by atoms with E-state index in [1.165, 1.54) is 0 Å². The van der Waals surface area contributed by atoms with Gasteiger partial charge in [0.15, 0.2) is 0 Å². The molecule has 7 nitrogen and oxygen atoms in total. The third-order valence-electron chi connectivity index (χ3n) is 3.81. The molecule has 1 atom stereocenters. The van der Waals surface area contributed by atoms with Crippen molar-refractivity contribution < 1.29 is 22.8 Å². The smallest absolute Gasteiger partial charge is 0.336 e. The number of halogens is 3. The van der Waals surface area contributed by atoms with E-state index >= 15 is 0 Å². The van der Waals surface area contributed by atoms with Crippen LogP contribution >= 0.6 is 11.3 Å². The Morgan fingerprint density at radius 3 is 2.87 bits per heavy atom. The van der Waals surface area contributed by atoms with Crippen molar-refractivity contribution in [3.8, 4) is 0 Å². The predicted octanol–water partition coefficient (Wildman–Crippen LogP) is 1.48. The lowest BCUT2D eigenvalue weighted by molar-refractivity contribution is -0.130. The van der Waals surface area contributed by atoms with Crippen molar-refractivity contribution in [2.75, 3.05) is 25.0 Å². The molecule has 1 aromatic rings. The van der Waals surface area contributed by atoms with Crippen molar-refractivity contribution in [2.24, 2.45) is 0 Å². The molecule has 23 heavy (non-hydrogen) atoms. The standard InChI is InChI=1S/C12H14F3N5O2S/c13-12(14,15)5-8-17-18-10(23-8)16-11(22)19-3-4-20-7(6-19)1-2-9(20)21/h7H,1-6H2,(H,16,18,22). The van der Waals surface area contributed by atoms with Crippen LogP contribution in [0.5, 0.6) is 0 Å². The zero-order chi connectivity index (χ0) is 16.6. The van der Waals surface area contributed by atoms with Gasteiger partial charge in [0.25, 0.3) is 0 Å². The summed E-state index contributed by atoms with van der Waals surface area (Å²) in [6.45, 7) is 1.29. The zero-order valence-corrected chi connectivity index (χ0v) is 12.8. The van der Waals surface area contributed by atoms with Gasteiger partial charge >= 0.3 is 12.2 Å². The van der Waals surface area contributed by atoms with Crippen molar-refractivity contribution in [2.45, 2.75) is 31.5 Å². The molecule has 1 unspecified atom stereocenters. The number of piperazine rings is 1. The summed E-state index contributed by atoms with van der Waals surface area (Å²) in [6, 6.07) is -0.407. The molecule has 0 saturated carbocycles. The van der Waals surface area contributed by atoms with Gasteiger partial charge in [-0.25, -0.2) is 4.79 Å². The van der Waals surface area contributed by atoms with Crippen LogP contribution in [0.4, 0.5) is 23.1 Å². The molecule has 0 spiro atoms. The Morgan fingerprint density at radius 2 is 2.13 bits per heavy atom. The molecule has 0 radical (unpaired) electrons. The minimum Gasteiger partial charge on any atom is -0.336 e. The number of carbonyl (C=O) groups is 2. The van der Waals surface area contributed by atoms with Crippen LogP contribution in [0.25, 0.3) is 0 Å². The summed E-state index contributed by atoms with van der Waals surface area (Å²) in [5, 5.41) is 9.30. The highest BCUT2D eigenvalue weighted by Gasteiger charge is 2.37. The second kappa shape index (κ2) is 5.95. The van der Waals surface area contributed by atoms with Crippen molar-refractivity contribution >= 4 is 28.4 Å². The van der Waals surface area contributed by atoms with Crippen LogP contribution in [0.1, 0.15) is 17.8 Å². The van der Waals surface area contributed by atoms with Gasteiger partial charge in [-0.15, -0.1) is 10.2 Å². The fourth-order valence-electron chi connectivity index (χ4n) is 2.77. The molecule has 3 rings (SSSR count). The van der Waals surface area contributed by atoms with Gasteiger partial charge in [0.1, 0.15) is 5.01 Å². The summed E-state index contributed by atoms with van der Waals surface area (Å²) in [6.07, 6.45) is -4.30. The highest BCUT2D eigenvalue weighted by Crippen LogP contribution is 2.26. The number of amides is 3. The number of hydrogen-bond donors (Lipinski definition) is 1. The number of fused-ring (bicyclic) bond motifs is 1. The number of carbonyl (C=O) groups excluding carboxylic acids is 2. The number of hydrogen-bond acceptors (Lipinski definition) is 5. The molecule has 1 aromatic heterocycles. The van der Waals surface area contributed by atoms with E-state index in [1.54, 1.807) is 9.80 Å². The predicted molar refractivity (Wildman–Crippen MR) is 75.0 cm³/mol. The summed E-state index contributed by atoms with van der Waals surface area (Å²) in [4.78, 5) is 27.1. The van der Waals surface area contributed by atoms with E-state index in [4.69, 9.17) is 0 Å². The summed E-state index contributed by atoms with van der Waals surface area (Å²) in [5.74, 6) is 0.107. The fourth-order valence-corrected chi connectivity index (χ4v) is 3.53. The number of alkyl halides is 3. The first-order valence-corrected chi connectivity index (χ1v) is 7.88. The van der Waals surface area contributed by atoms with Crippen molar-refractivity contribution in [1.29, 1.82) is 0 Å². The number of aromatic nitrogens is 2. The Kier molecular flexibility index (Phi) is 4.13. The molecule has 3 heterocycles. The topological polar surface area (TPSA) is 78.4 Å². The molecule has 0 aromatic carbocycles. The molecule has 2 saturated heterocycles. The Morgan fingerprint density at radius 1 is 1.35 bits per heavy atom. The molecule has 1 N–H and O–H groups in total.